The van der Waals surface area contributed by atoms with Gasteiger partial charge in [0.05, 0.1) is 6.61 Å². The van der Waals surface area contributed by atoms with Crippen LogP contribution in [-0.4, -0.2) is 25.0 Å². The van der Waals surface area contributed by atoms with Gasteiger partial charge < -0.3 is 10.1 Å². The average Bonchev–Trinajstić information content (AvgIpc) is 2.83. The zero-order valence-corrected chi connectivity index (χ0v) is 11.2. The molecular formula is C13H16ClNOS. The molecule has 0 saturated carbocycles. The Morgan fingerprint density at radius 2 is 2.29 bits per heavy atom. The predicted molar refractivity (Wildman–Crippen MR) is 71.9 cm³/mol. The number of hydrogen-bond donors (Lipinski definition) is 1. The highest BCUT2D eigenvalue weighted by atomic mass is 35.5. The molecule has 1 aromatic carbocycles. The quantitative estimate of drug-likeness (QED) is 0.891. The molecule has 2 nitrogen and oxygen atoms in total. The lowest BCUT2D eigenvalue weighted by atomic mass is 10.0. The summed E-state index contributed by atoms with van der Waals surface area (Å²) in [5, 5.41) is 4.54. The molecule has 2 unspecified atom stereocenters. The molecule has 92 valence electrons. The van der Waals surface area contributed by atoms with E-state index in [9.17, 15) is 0 Å². The van der Waals surface area contributed by atoms with Crippen LogP contribution >= 0.6 is 23.4 Å². The third kappa shape index (κ3) is 2.63. The Morgan fingerprint density at radius 3 is 3.12 bits per heavy atom. The van der Waals surface area contributed by atoms with Gasteiger partial charge in [0.2, 0.25) is 0 Å². The van der Waals surface area contributed by atoms with Crippen molar-refractivity contribution in [1.82, 2.24) is 5.32 Å². The van der Waals surface area contributed by atoms with E-state index in [4.69, 9.17) is 16.3 Å². The number of ether oxygens (including phenoxy) is 1. The minimum absolute atomic E-state index is 0.441. The summed E-state index contributed by atoms with van der Waals surface area (Å²) < 4.78 is 5.42. The van der Waals surface area contributed by atoms with Crippen molar-refractivity contribution in [2.75, 3.05) is 19.0 Å². The third-order valence-electron chi connectivity index (χ3n) is 3.38. The SMILES string of the molecule is Clc1ccc2c(c1)C(NC1CCOC1)CCS2. The molecule has 0 aliphatic carbocycles. The molecule has 2 atom stereocenters. The van der Waals surface area contributed by atoms with Crippen LogP contribution in [-0.2, 0) is 4.74 Å². The van der Waals surface area contributed by atoms with Crippen LogP contribution in [0.2, 0.25) is 5.02 Å². The zero-order chi connectivity index (χ0) is 11.7. The fraction of sp³-hybridized carbons (Fsp3) is 0.538. The van der Waals surface area contributed by atoms with Crippen LogP contribution in [0.1, 0.15) is 24.4 Å². The lowest BCUT2D eigenvalue weighted by Crippen LogP contribution is -2.34. The van der Waals surface area contributed by atoms with Gasteiger partial charge in [0, 0.05) is 28.6 Å². The van der Waals surface area contributed by atoms with Crippen LogP contribution < -0.4 is 5.32 Å². The summed E-state index contributed by atoms with van der Waals surface area (Å²) in [5.74, 6) is 1.18. The van der Waals surface area contributed by atoms with Crippen LogP contribution in [0, 0.1) is 0 Å². The molecule has 1 N–H and O–H groups in total. The lowest BCUT2D eigenvalue weighted by molar-refractivity contribution is 0.187. The maximum Gasteiger partial charge on any atom is 0.0620 e. The molecule has 3 rings (SSSR count). The van der Waals surface area contributed by atoms with Gasteiger partial charge in [0.15, 0.2) is 0 Å². The van der Waals surface area contributed by atoms with Crippen molar-refractivity contribution in [2.45, 2.75) is 29.8 Å². The van der Waals surface area contributed by atoms with Gasteiger partial charge >= 0.3 is 0 Å². The number of halogens is 1. The first-order valence-corrected chi connectivity index (χ1v) is 7.45. The van der Waals surface area contributed by atoms with Crippen molar-refractivity contribution in [1.29, 1.82) is 0 Å². The summed E-state index contributed by atoms with van der Waals surface area (Å²) in [4.78, 5) is 1.37. The number of rotatable bonds is 2. The Hall–Kier alpha value is -0.220. The predicted octanol–water partition coefficient (Wildman–Crippen LogP) is 3.26. The summed E-state index contributed by atoms with van der Waals surface area (Å²) in [6.07, 6.45) is 2.30. The molecule has 2 aliphatic heterocycles. The molecule has 2 heterocycles. The van der Waals surface area contributed by atoms with Crippen LogP contribution in [0.5, 0.6) is 0 Å². The number of benzene rings is 1. The van der Waals surface area contributed by atoms with E-state index < -0.39 is 0 Å². The lowest BCUT2D eigenvalue weighted by Gasteiger charge is -2.28. The van der Waals surface area contributed by atoms with Gasteiger partial charge in [0.25, 0.3) is 0 Å². The van der Waals surface area contributed by atoms with E-state index in [2.05, 4.69) is 17.4 Å². The first-order chi connectivity index (χ1) is 8.33. The van der Waals surface area contributed by atoms with E-state index in [0.717, 1.165) is 24.7 Å². The van der Waals surface area contributed by atoms with Gasteiger partial charge in [-0.2, -0.15) is 0 Å². The topological polar surface area (TPSA) is 21.3 Å². The Morgan fingerprint density at radius 1 is 1.35 bits per heavy atom. The second-order valence-corrected chi connectivity index (χ2v) is 6.17. The van der Waals surface area contributed by atoms with E-state index in [1.54, 1.807) is 0 Å². The number of thioether (sulfide) groups is 1. The summed E-state index contributed by atoms with van der Waals surface area (Å²) in [6.45, 7) is 1.74. The molecule has 0 spiro atoms. The van der Waals surface area contributed by atoms with E-state index in [-0.39, 0.29) is 0 Å². The molecule has 0 bridgehead atoms. The van der Waals surface area contributed by atoms with Crippen molar-refractivity contribution < 1.29 is 4.74 Å². The summed E-state index contributed by atoms with van der Waals surface area (Å²) in [6, 6.07) is 7.18. The van der Waals surface area contributed by atoms with Crippen LogP contribution in [0.25, 0.3) is 0 Å². The Kier molecular flexibility index (Phi) is 3.61. The van der Waals surface area contributed by atoms with Crippen LogP contribution in [0.4, 0.5) is 0 Å². The molecule has 1 fully saturated rings. The smallest absolute Gasteiger partial charge is 0.0620 e. The van der Waals surface area contributed by atoms with Gasteiger partial charge in [-0.25, -0.2) is 0 Å². The molecule has 1 aromatic rings. The van der Waals surface area contributed by atoms with Crippen molar-refractivity contribution in [3.05, 3.63) is 28.8 Å². The second-order valence-electron chi connectivity index (χ2n) is 4.60. The third-order valence-corrected chi connectivity index (χ3v) is 4.74. The highest BCUT2D eigenvalue weighted by Crippen LogP contribution is 2.37. The highest BCUT2D eigenvalue weighted by molar-refractivity contribution is 7.99. The Bertz CT molecular complexity index is 406. The number of nitrogens with one attached hydrogen (secondary N) is 1. The Labute approximate surface area is 111 Å². The molecule has 0 amide bonds. The molecule has 2 aliphatic rings. The van der Waals surface area contributed by atoms with Crippen molar-refractivity contribution >= 4 is 23.4 Å². The maximum absolute atomic E-state index is 6.10. The summed E-state index contributed by atoms with van der Waals surface area (Å²) in [7, 11) is 0. The minimum Gasteiger partial charge on any atom is -0.380 e. The van der Waals surface area contributed by atoms with Gasteiger partial charge in [-0.1, -0.05) is 11.6 Å². The molecule has 4 heteroatoms. The van der Waals surface area contributed by atoms with Crippen LogP contribution in [0.15, 0.2) is 23.1 Å². The second kappa shape index (κ2) is 5.19. The fourth-order valence-corrected chi connectivity index (χ4v) is 3.78. The van der Waals surface area contributed by atoms with Gasteiger partial charge in [-0.3, -0.25) is 0 Å². The molecule has 17 heavy (non-hydrogen) atoms. The molecule has 0 aromatic heterocycles. The van der Waals surface area contributed by atoms with Gasteiger partial charge in [-0.05, 0) is 42.4 Å². The minimum atomic E-state index is 0.441. The van der Waals surface area contributed by atoms with Crippen LogP contribution in [0.3, 0.4) is 0 Å². The monoisotopic (exact) mass is 269 g/mol. The summed E-state index contributed by atoms with van der Waals surface area (Å²) in [5.41, 5.74) is 1.36. The van der Waals surface area contributed by atoms with E-state index in [1.165, 1.54) is 22.6 Å². The van der Waals surface area contributed by atoms with E-state index >= 15 is 0 Å². The molecule has 0 radical (unpaired) electrons. The van der Waals surface area contributed by atoms with Crippen molar-refractivity contribution in [3.8, 4) is 0 Å². The zero-order valence-electron chi connectivity index (χ0n) is 9.62. The maximum atomic E-state index is 6.10. The first-order valence-electron chi connectivity index (χ1n) is 6.09. The van der Waals surface area contributed by atoms with E-state index in [0.29, 0.717) is 12.1 Å². The standard InChI is InChI=1S/C13H16ClNOS/c14-9-1-2-13-11(7-9)12(4-6-17-13)15-10-3-5-16-8-10/h1-2,7,10,12,15H,3-6,8H2. The first kappa shape index (κ1) is 11.8. The average molecular weight is 270 g/mol. The molecular weight excluding hydrogens is 254 g/mol. The van der Waals surface area contributed by atoms with Gasteiger partial charge in [-0.15, -0.1) is 11.8 Å². The fourth-order valence-electron chi connectivity index (χ4n) is 2.49. The van der Waals surface area contributed by atoms with Gasteiger partial charge in [0.1, 0.15) is 0 Å². The van der Waals surface area contributed by atoms with Crippen molar-refractivity contribution in [3.63, 3.8) is 0 Å². The van der Waals surface area contributed by atoms with E-state index in [1.807, 2.05) is 17.8 Å². The highest BCUT2D eigenvalue weighted by Gasteiger charge is 2.25. The summed E-state index contributed by atoms with van der Waals surface area (Å²) >= 11 is 8.03. The van der Waals surface area contributed by atoms with Crippen molar-refractivity contribution in [2.24, 2.45) is 0 Å². The molecule has 1 saturated heterocycles. The largest absolute Gasteiger partial charge is 0.380 e. The Balaban J connectivity index is 1.80. The number of hydrogen-bond acceptors (Lipinski definition) is 3. The number of fused-ring (bicyclic) bond motifs is 1. The normalized spacial score (nSPS) is 28.1.